The van der Waals surface area contributed by atoms with E-state index in [2.05, 4.69) is 10.1 Å². The monoisotopic (exact) mass is 204 g/mol. The Morgan fingerprint density at radius 2 is 2.27 bits per heavy atom. The predicted octanol–water partition coefficient (Wildman–Crippen LogP) is 1.48. The molecule has 0 N–H and O–H groups in total. The highest BCUT2D eigenvalue weighted by Gasteiger charge is 2.16. The van der Waals surface area contributed by atoms with Crippen molar-refractivity contribution in [1.82, 2.24) is 14.8 Å². The van der Waals surface area contributed by atoms with E-state index in [4.69, 9.17) is 0 Å². The van der Waals surface area contributed by atoms with Crippen LogP contribution in [0.5, 0.6) is 0 Å². The summed E-state index contributed by atoms with van der Waals surface area (Å²) >= 11 is 0. The van der Waals surface area contributed by atoms with Crippen molar-refractivity contribution in [3.63, 3.8) is 0 Å². The number of hydrogen-bond acceptors (Lipinski definition) is 4. The van der Waals surface area contributed by atoms with Gasteiger partial charge in [-0.3, -0.25) is 15.1 Å². The van der Waals surface area contributed by atoms with Crippen LogP contribution in [0.3, 0.4) is 0 Å². The fourth-order valence-corrected chi connectivity index (χ4v) is 1.32. The molecular formula is C9H8N4O2. The lowest BCUT2D eigenvalue weighted by molar-refractivity contribution is -0.385. The minimum atomic E-state index is -0.449. The zero-order chi connectivity index (χ0) is 10.8. The van der Waals surface area contributed by atoms with Gasteiger partial charge in [-0.25, -0.2) is 4.68 Å². The molecule has 0 amide bonds. The number of nitro groups is 1. The largest absolute Gasteiger partial charge is 0.310 e. The second-order valence-corrected chi connectivity index (χ2v) is 3.00. The van der Waals surface area contributed by atoms with Crippen LogP contribution in [-0.4, -0.2) is 19.7 Å². The van der Waals surface area contributed by atoms with Gasteiger partial charge in [0, 0.05) is 6.20 Å². The Labute approximate surface area is 85.3 Å². The van der Waals surface area contributed by atoms with Crippen LogP contribution in [0.4, 0.5) is 5.69 Å². The Hall–Kier alpha value is -2.24. The van der Waals surface area contributed by atoms with Crippen LogP contribution in [-0.2, 0) is 0 Å². The maximum absolute atomic E-state index is 10.6. The third-order valence-corrected chi connectivity index (χ3v) is 2.07. The lowest BCUT2D eigenvalue weighted by atomic mass is 10.4. The minimum absolute atomic E-state index is 0.0128. The van der Waals surface area contributed by atoms with E-state index in [1.807, 2.05) is 0 Å². The lowest BCUT2D eigenvalue weighted by Gasteiger charge is -2.01. The van der Waals surface area contributed by atoms with E-state index in [0.29, 0.717) is 11.4 Å². The predicted molar refractivity (Wildman–Crippen MR) is 52.8 cm³/mol. The molecular weight excluding hydrogens is 196 g/mol. The molecule has 0 spiro atoms. The average Bonchev–Trinajstić information content (AvgIpc) is 2.61. The Bertz CT molecular complexity index is 492. The van der Waals surface area contributed by atoms with Gasteiger partial charge in [0.05, 0.1) is 16.8 Å². The van der Waals surface area contributed by atoms with Gasteiger partial charge in [0.25, 0.3) is 0 Å². The maximum Gasteiger partial charge on any atom is 0.310 e. The number of pyridine rings is 1. The second kappa shape index (κ2) is 3.49. The van der Waals surface area contributed by atoms with Crippen LogP contribution in [0.2, 0.25) is 0 Å². The molecule has 0 aliphatic carbocycles. The van der Waals surface area contributed by atoms with E-state index in [1.165, 1.54) is 10.9 Å². The fraction of sp³-hybridized carbons (Fsp3) is 0.111. The van der Waals surface area contributed by atoms with Crippen molar-refractivity contribution in [2.75, 3.05) is 0 Å². The summed E-state index contributed by atoms with van der Waals surface area (Å²) in [6.45, 7) is 1.65. The molecule has 0 radical (unpaired) electrons. The molecule has 0 saturated heterocycles. The van der Waals surface area contributed by atoms with Crippen LogP contribution in [0, 0.1) is 17.0 Å². The summed E-state index contributed by atoms with van der Waals surface area (Å²) in [4.78, 5) is 14.1. The molecule has 0 unspecified atom stereocenters. The molecule has 76 valence electrons. The van der Waals surface area contributed by atoms with Crippen molar-refractivity contribution in [3.05, 3.63) is 46.5 Å². The summed E-state index contributed by atoms with van der Waals surface area (Å²) in [5.41, 5.74) is 1.22. The number of rotatable bonds is 2. The summed E-state index contributed by atoms with van der Waals surface area (Å²) in [6.07, 6.45) is 4.48. The smallest absolute Gasteiger partial charge is 0.262 e. The quantitative estimate of drug-likeness (QED) is 0.548. The molecule has 0 aliphatic rings. The maximum atomic E-state index is 10.6. The van der Waals surface area contributed by atoms with Crippen molar-refractivity contribution in [3.8, 4) is 5.69 Å². The first-order chi connectivity index (χ1) is 7.20. The highest BCUT2D eigenvalue weighted by molar-refractivity contribution is 5.39. The highest BCUT2D eigenvalue weighted by Crippen LogP contribution is 2.19. The van der Waals surface area contributed by atoms with Crippen molar-refractivity contribution in [2.24, 2.45) is 0 Å². The molecule has 6 nitrogen and oxygen atoms in total. The number of hydrogen-bond donors (Lipinski definition) is 0. The van der Waals surface area contributed by atoms with Gasteiger partial charge in [-0.2, -0.15) is 5.10 Å². The van der Waals surface area contributed by atoms with Crippen molar-refractivity contribution >= 4 is 5.69 Å². The molecule has 0 fully saturated rings. The molecule has 0 saturated carbocycles. The second-order valence-electron chi connectivity index (χ2n) is 3.00. The molecule has 0 bridgehead atoms. The zero-order valence-electron chi connectivity index (χ0n) is 7.99. The standard InChI is InChI=1S/C9H8N4O2/c1-7-9(13(14)15)6-11-12(7)8-3-2-4-10-5-8/h2-6H,1H3. The summed E-state index contributed by atoms with van der Waals surface area (Å²) in [6, 6.07) is 3.54. The van der Waals surface area contributed by atoms with E-state index < -0.39 is 4.92 Å². The van der Waals surface area contributed by atoms with Crippen molar-refractivity contribution < 1.29 is 4.92 Å². The van der Waals surface area contributed by atoms with Crippen molar-refractivity contribution in [2.45, 2.75) is 6.92 Å². The van der Waals surface area contributed by atoms with Gasteiger partial charge in [0.2, 0.25) is 0 Å². The first kappa shape index (κ1) is 9.32. The first-order valence-corrected chi connectivity index (χ1v) is 4.29. The van der Waals surface area contributed by atoms with Crippen LogP contribution < -0.4 is 0 Å². The van der Waals surface area contributed by atoms with Crippen LogP contribution in [0.25, 0.3) is 5.69 Å². The minimum Gasteiger partial charge on any atom is -0.262 e. The van der Waals surface area contributed by atoms with Gasteiger partial charge in [0.1, 0.15) is 11.9 Å². The van der Waals surface area contributed by atoms with Crippen LogP contribution in [0.15, 0.2) is 30.7 Å². The molecule has 0 atom stereocenters. The fourth-order valence-electron chi connectivity index (χ4n) is 1.32. The lowest BCUT2D eigenvalue weighted by Crippen LogP contribution is -1.99. The van der Waals surface area contributed by atoms with E-state index in [1.54, 1.807) is 31.5 Å². The molecule has 2 aromatic heterocycles. The van der Waals surface area contributed by atoms with Gasteiger partial charge in [-0.15, -0.1) is 0 Å². The van der Waals surface area contributed by atoms with E-state index in [0.717, 1.165) is 0 Å². The normalized spacial score (nSPS) is 10.2. The molecule has 2 heterocycles. The number of nitrogens with zero attached hydrogens (tertiary/aromatic N) is 4. The SMILES string of the molecule is Cc1c([N+](=O)[O-])cnn1-c1cccnc1. The molecule has 0 aliphatic heterocycles. The van der Waals surface area contributed by atoms with Crippen LogP contribution in [0.1, 0.15) is 5.69 Å². The molecule has 6 heteroatoms. The summed E-state index contributed by atoms with van der Waals surface area (Å²) in [5.74, 6) is 0. The summed E-state index contributed by atoms with van der Waals surface area (Å²) in [5, 5.41) is 14.5. The Morgan fingerprint density at radius 1 is 1.47 bits per heavy atom. The molecule has 2 rings (SSSR count). The Morgan fingerprint density at radius 3 is 2.80 bits per heavy atom. The Kier molecular flexibility index (Phi) is 2.17. The third kappa shape index (κ3) is 1.56. The van der Waals surface area contributed by atoms with E-state index in [9.17, 15) is 10.1 Å². The van der Waals surface area contributed by atoms with E-state index >= 15 is 0 Å². The zero-order valence-corrected chi connectivity index (χ0v) is 7.99. The Balaban J connectivity index is 2.52. The molecule has 15 heavy (non-hydrogen) atoms. The van der Waals surface area contributed by atoms with Crippen LogP contribution >= 0.6 is 0 Å². The van der Waals surface area contributed by atoms with Gasteiger partial charge >= 0.3 is 5.69 Å². The third-order valence-electron chi connectivity index (χ3n) is 2.07. The molecule has 2 aromatic rings. The van der Waals surface area contributed by atoms with Gasteiger partial charge < -0.3 is 0 Å². The first-order valence-electron chi connectivity index (χ1n) is 4.29. The summed E-state index contributed by atoms with van der Waals surface area (Å²) < 4.78 is 1.49. The van der Waals surface area contributed by atoms with Crippen molar-refractivity contribution in [1.29, 1.82) is 0 Å². The highest BCUT2D eigenvalue weighted by atomic mass is 16.6. The topological polar surface area (TPSA) is 73.8 Å². The molecule has 0 aromatic carbocycles. The van der Waals surface area contributed by atoms with Gasteiger partial charge in [0.15, 0.2) is 0 Å². The van der Waals surface area contributed by atoms with Gasteiger partial charge in [-0.1, -0.05) is 0 Å². The van der Waals surface area contributed by atoms with E-state index in [-0.39, 0.29) is 5.69 Å². The van der Waals surface area contributed by atoms with Gasteiger partial charge in [-0.05, 0) is 19.1 Å². The average molecular weight is 204 g/mol. The number of aromatic nitrogens is 3. The summed E-state index contributed by atoms with van der Waals surface area (Å²) in [7, 11) is 0.